The van der Waals surface area contributed by atoms with Crippen molar-refractivity contribution in [1.82, 2.24) is 4.90 Å². The van der Waals surface area contributed by atoms with Gasteiger partial charge in [-0.05, 0) is 57.0 Å². The first-order valence-electron chi connectivity index (χ1n) is 7.26. The molecule has 1 fully saturated rings. The zero-order valence-corrected chi connectivity index (χ0v) is 12.7. The van der Waals surface area contributed by atoms with Crippen molar-refractivity contribution in [3.05, 3.63) is 23.8 Å². The lowest BCUT2D eigenvalue weighted by molar-refractivity contribution is 0.217. The molecule has 3 heteroatoms. The van der Waals surface area contributed by atoms with Crippen LogP contribution in [0.5, 0.6) is 0 Å². The van der Waals surface area contributed by atoms with Crippen LogP contribution in [0.15, 0.2) is 18.2 Å². The number of likely N-dealkylation sites (tertiary alicyclic amines) is 1. The van der Waals surface area contributed by atoms with Crippen LogP contribution in [0.4, 0.5) is 11.4 Å². The Balaban J connectivity index is 1.94. The van der Waals surface area contributed by atoms with Crippen LogP contribution in [0.25, 0.3) is 0 Å². The second-order valence-electron chi connectivity index (χ2n) is 6.05. The van der Waals surface area contributed by atoms with Crippen molar-refractivity contribution in [2.45, 2.75) is 19.8 Å². The van der Waals surface area contributed by atoms with E-state index in [4.69, 9.17) is 0 Å². The van der Waals surface area contributed by atoms with Crippen LogP contribution in [0.3, 0.4) is 0 Å². The molecule has 1 aromatic rings. The molecule has 3 nitrogen and oxygen atoms in total. The largest absolute Gasteiger partial charge is 0.385 e. The number of hydrogen-bond donors (Lipinski definition) is 1. The molecule has 0 aromatic heterocycles. The Morgan fingerprint density at radius 3 is 2.84 bits per heavy atom. The van der Waals surface area contributed by atoms with Gasteiger partial charge in [0, 0.05) is 38.6 Å². The highest BCUT2D eigenvalue weighted by atomic mass is 15.1. The summed E-state index contributed by atoms with van der Waals surface area (Å²) < 4.78 is 0. The molecule has 1 aromatic carbocycles. The summed E-state index contributed by atoms with van der Waals surface area (Å²) in [4.78, 5) is 4.62. The van der Waals surface area contributed by atoms with E-state index >= 15 is 0 Å². The first-order valence-corrected chi connectivity index (χ1v) is 7.26. The van der Waals surface area contributed by atoms with E-state index in [9.17, 15) is 0 Å². The van der Waals surface area contributed by atoms with Crippen molar-refractivity contribution in [2.24, 2.45) is 5.92 Å². The fourth-order valence-corrected chi connectivity index (χ4v) is 2.90. The van der Waals surface area contributed by atoms with Gasteiger partial charge in [-0.3, -0.25) is 0 Å². The Morgan fingerprint density at radius 2 is 2.16 bits per heavy atom. The van der Waals surface area contributed by atoms with E-state index in [0.717, 1.165) is 12.5 Å². The van der Waals surface area contributed by atoms with Crippen molar-refractivity contribution < 1.29 is 0 Å². The molecule has 1 aliphatic heterocycles. The molecule has 1 saturated heterocycles. The number of aryl methyl sites for hydroxylation is 1. The lowest BCUT2D eigenvalue weighted by Crippen LogP contribution is -2.35. The van der Waals surface area contributed by atoms with Crippen LogP contribution in [-0.4, -0.2) is 45.7 Å². The summed E-state index contributed by atoms with van der Waals surface area (Å²) in [6.07, 6.45) is 2.68. The second-order valence-corrected chi connectivity index (χ2v) is 6.05. The molecule has 0 amide bonds. The van der Waals surface area contributed by atoms with Gasteiger partial charge in [0.15, 0.2) is 0 Å². The molecule has 1 aliphatic rings. The highest BCUT2D eigenvalue weighted by Gasteiger charge is 2.16. The molecular weight excluding hydrogens is 234 g/mol. The Hall–Kier alpha value is -1.22. The molecule has 0 saturated carbocycles. The summed E-state index contributed by atoms with van der Waals surface area (Å²) in [6, 6.07) is 6.64. The van der Waals surface area contributed by atoms with Gasteiger partial charge >= 0.3 is 0 Å². The monoisotopic (exact) mass is 261 g/mol. The van der Waals surface area contributed by atoms with E-state index < -0.39 is 0 Å². The maximum Gasteiger partial charge on any atom is 0.0411 e. The van der Waals surface area contributed by atoms with Gasteiger partial charge in [0.2, 0.25) is 0 Å². The van der Waals surface area contributed by atoms with E-state index in [-0.39, 0.29) is 0 Å². The molecule has 1 unspecified atom stereocenters. The molecule has 0 spiro atoms. The van der Waals surface area contributed by atoms with E-state index in [2.05, 4.69) is 61.4 Å². The summed E-state index contributed by atoms with van der Waals surface area (Å²) in [5.41, 5.74) is 3.86. The van der Waals surface area contributed by atoms with Crippen LogP contribution in [0.1, 0.15) is 18.4 Å². The molecule has 19 heavy (non-hydrogen) atoms. The van der Waals surface area contributed by atoms with E-state index in [0.29, 0.717) is 0 Å². The summed E-state index contributed by atoms with van der Waals surface area (Å²) in [6.45, 7) is 5.72. The molecule has 1 atom stereocenters. The number of hydrogen-bond acceptors (Lipinski definition) is 3. The third-order valence-corrected chi connectivity index (χ3v) is 4.01. The first kappa shape index (κ1) is 14.2. The molecule has 0 radical (unpaired) electrons. The maximum absolute atomic E-state index is 3.60. The van der Waals surface area contributed by atoms with Gasteiger partial charge in [0.05, 0.1) is 0 Å². The minimum absolute atomic E-state index is 0.780. The highest BCUT2D eigenvalue weighted by molar-refractivity contribution is 5.61. The molecule has 0 aliphatic carbocycles. The maximum atomic E-state index is 3.60. The lowest BCUT2D eigenvalue weighted by Gasteiger charge is -2.30. The van der Waals surface area contributed by atoms with Crippen LogP contribution >= 0.6 is 0 Å². The highest BCUT2D eigenvalue weighted by Crippen LogP contribution is 2.23. The zero-order valence-electron chi connectivity index (χ0n) is 12.7. The van der Waals surface area contributed by atoms with Crippen molar-refractivity contribution in [2.75, 3.05) is 51.0 Å². The number of benzene rings is 1. The van der Waals surface area contributed by atoms with Gasteiger partial charge in [-0.15, -0.1) is 0 Å². The topological polar surface area (TPSA) is 18.5 Å². The van der Waals surface area contributed by atoms with Crippen molar-refractivity contribution in [3.8, 4) is 0 Å². The standard InChI is InChI=1S/C16H27N3/c1-13-7-8-15(10-16(13)18(2)3)17-11-14-6-5-9-19(4)12-14/h7-8,10,14,17H,5-6,9,11-12H2,1-4H3. The van der Waals surface area contributed by atoms with Crippen molar-refractivity contribution in [1.29, 1.82) is 0 Å². The Labute approximate surface area is 117 Å². The second kappa shape index (κ2) is 6.29. The Morgan fingerprint density at radius 1 is 1.37 bits per heavy atom. The third-order valence-electron chi connectivity index (χ3n) is 4.01. The molecule has 106 valence electrons. The third kappa shape index (κ3) is 3.87. The van der Waals surface area contributed by atoms with Gasteiger partial charge < -0.3 is 15.1 Å². The number of anilines is 2. The zero-order chi connectivity index (χ0) is 13.8. The van der Waals surface area contributed by atoms with Gasteiger partial charge in [0.1, 0.15) is 0 Å². The van der Waals surface area contributed by atoms with Crippen LogP contribution in [0, 0.1) is 12.8 Å². The van der Waals surface area contributed by atoms with Crippen molar-refractivity contribution >= 4 is 11.4 Å². The fraction of sp³-hybridized carbons (Fsp3) is 0.625. The molecule has 1 N–H and O–H groups in total. The average molecular weight is 261 g/mol. The quantitative estimate of drug-likeness (QED) is 0.899. The molecule has 0 bridgehead atoms. The van der Waals surface area contributed by atoms with Crippen LogP contribution < -0.4 is 10.2 Å². The SMILES string of the molecule is Cc1ccc(NCC2CCCN(C)C2)cc1N(C)C. The predicted octanol–water partition coefficient (Wildman–Crippen LogP) is 2.81. The number of nitrogens with one attached hydrogen (secondary N) is 1. The summed E-state index contributed by atoms with van der Waals surface area (Å²) >= 11 is 0. The number of nitrogens with zero attached hydrogens (tertiary/aromatic N) is 2. The normalized spacial score (nSPS) is 20.3. The minimum Gasteiger partial charge on any atom is -0.385 e. The molecular formula is C16H27N3. The first-order chi connectivity index (χ1) is 9.06. The summed E-state index contributed by atoms with van der Waals surface area (Å²) in [7, 11) is 6.42. The average Bonchev–Trinajstić information content (AvgIpc) is 2.37. The Kier molecular flexibility index (Phi) is 4.70. The number of rotatable bonds is 4. The number of piperidine rings is 1. The van der Waals surface area contributed by atoms with Gasteiger partial charge in [-0.2, -0.15) is 0 Å². The van der Waals surface area contributed by atoms with Gasteiger partial charge in [0.25, 0.3) is 0 Å². The smallest absolute Gasteiger partial charge is 0.0411 e. The van der Waals surface area contributed by atoms with Crippen LogP contribution in [-0.2, 0) is 0 Å². The Bertz CT molecular complexity index is 414. The van der Waals surface area contributed by atoms with E-state index in [1.807, 2.05) is 0 Å². The van der Waals surface area contributed by atoms with Gasteiger partial charge in [-0.25, -0.2) is 0 Å². The molecule has 1 heterocycles. The van der Waals surface area contributed by atoms with Crippen LogP contribution in [0.2, 0.25) is 0 Å². The molecule has 2 rings (SSSR count). The summed E-state index contributed by atoms with van der Waals surface area (Å²) in [5.74, 6) is 0.780. The lowest BCUT2D eigenvalue weighted by atomic mass is 9.98. The predicted molar refractivity (Wildman–Crippen MR) is 84.2 cm³/mol. The summed E-state index contributed by atoms with van der Waals surface area (Å²) in [5, 5.41) is 3.60. The fourth-order valence-electron chi connectivity index (χ4n) is 2.90. The van der Waals surface area contributed by atoms with E-state index in [1.54, 1.807) is 0 Å². The minimum atomic E-state index is 0.780. The van der Waals surface area contributed by atoms with Crippen molar-refractivity contribution in [3.63, 3.8) is 0 Å². The van der Waals surface area contributed by atoms with Gasteiger partial charge in [-0.1, -0.05) is 6.07 Å². The van der Waals surface area contributed by atoms with E-state index in [1.165, 1.54) is 42.9 Å².